The number of nitrogens with zero attached hydrogens (tertiary/aromatic N) is 2. The van der Waals surface area contributed by atoms with Crippen LogP contribution < -0.4 is 5.73 Å². The Labute approximate surface area is 82.4 Å². The third kappa shape index (κ3) is 1.70. The van der Waals surface area contributed by atoms with Gasteiger partial charge in [0.25, 0.3) is 0 Å². The van der Waals surface area contributed by atoms with Crippen LogP contribution in [0.3, 0.4) is 0 Å². The first kappa shape index (κ1) is 9.74. The number of hydrogen-bond donors (Lipinski definition) is 1. The van der Waals surface area contributed by atoms with Gasteiger partial charge < -0.3 is 5.73 Å². The summed E-state index contributed by atoms with van der Waals surface area (Å²) in [6.07, 6.45) is 0. The number of hydrogen-bond acceptors (Lipinski definition) is 3. The van der Waals surface area contributed by atoms with E-state index in [4.69, 9.17) is 5.73 Å². The van der Waals surface area contributed by atoms with Gasteiger partial charge in [-0.2, -0.15) is 0 Å². The lowest BCUT2D eigenvalue weighted by atomic mass is 10.2. The van der Waals surface area contributed by atoms with Crippen molar-refractivity contribution in [3.05, 3.63) is 30.1 Å². The molecule has 0 atom stereocenters. The summed E-state index contributed by atoms with van der Waals surface area (Å²) in [6.45, 7) is 1.84. The van der Waals surface area contributed by atoms with Crippen molar-refractivity contribution in [2.75, 3.05) is 5.73 Å². The summed E-state index contributed by atoms with van der Waals surface area (Å²) in [4.78, 5) is 8.31. The molecule has 68 valence electrons. The van der Waals surface area contributed by atoms with Crippen LogP contribution in [-0.4, -0.2) is 9.97 Å². The van der Waals surface area contributed by atoms with Crippen molar-refractivity contribution in [2.45, 2.75) is 6.92 Å². The Kier molecular flexibility index (Phi) is 2.68. The molecule has 13 heavy (non-hydrogen) atoms. The molecular weight excluding hydrogens is 186 g/mol. The third-order valence-electron chi connectivity index (χ3n) is 1.74. The lowest BCUT2D eigenvalue weighted by Crippen LogP contribution is -1.96. The van der Waals surface area contributed by atoms with E-state index in [0.717, 1.165) is 10.9 Å². The minimum absolute atomic E-state index is 0. The highest BCUT2D eigenvalue weighted by Crippen LogP contribution is 2.16. The van der Waals surface area contributed by atoms with Crippen molar-refractivity contribution < 1.29 is 0 Å². The van der Waals surface area contributed by atoms with Gasteiger partial charge in [-0.3, -0.25) is 0 Å². The first-order valence-corrected chi connectivity index (χ1v) is 3.76. The summed E-state index contributed by atoms with van der Waals surface area (Å²) >= 11 is 0. The Morgan fingerprint density at radius 2 is 1.85 bits per heavy atom. The summed E-state index contributed by atoms with van der Waals surface area (Å²) < 4.78 is 0. The summed E-state index contributed by atoms with van der Waals surface area (Å²) in [6, 6.07) is 7.72. The quantitative estimate of drug-likeness (QED) is 0.699. The summed E-state index contributed by atoms with van der Waals surface area (Å²) in [5.41, 5.74) is 6.61. The number of anilines is 1. The van der Waals surface area contributed by atoms with Crippen LogP contribution in [0.4, 0.5) is 5.82 Å². The highest BCUT2D eigenvalue weighted by atomic mass is 35.5. The predicted molar refractivity (Wildman–Crippen MR) is 55.9 cm³/mol. The van der Waals surface area contributed by atoms with Gasteiger partial charge in [0.05, 0.1) is 5.52 Å². The molecule has 0 spiro atoms. The van der Waals surface area contributed by atoms with Crippen LogP contribution in [0, 0.1) is 6.92 Å². The molecule has 0 amide bonds. The first-order chi connectivity index (χ1) is 5.77. The molecule has 0 aliphatic heterocycles. The number of aromatic nitrogens is 2. The number of halogens is 1. The SMILES string of the molecule is Cc1nc(N)c2ccccc2n1.Cl. The van der Waals surface area contributed by atoms with E-state index in [0.29, 0.717) is 11.6 Å². The largest absolute Gasteiger partial charge is 0.383 e. The number of nitrogen functional groups attached to an aromatic ring is 1. The maximum Gasteiger partial charge on any atom is 0.135 e. The van der Waals surface area contributed by atoms with E-state index in [-0.39, 0.29) is 12.4 Å². The third-order valence-corrected chi connectivity index (χ3v) is 1.74. The van der Waals surface area contributed by atoms with Gasteiger partial charge in [0.2, 0.25) is 0 Å². The predicted octanol–water partition coefficient (Wildman–Crippen LogP) is 1.94. The topological polar surface area (TPSA) is 51.8 Å². The molecule has 2 aromatic rings. The number of benzene rings is 1. The second-order valence-electron chi connectivity index (χ2n) is 2.67. The summed E-state index contributed by atoms with van der Waals surface area (Å²) in [7, 11) is 0. The molecule has 1 heterocycles. The summed E-state index contributed by atoms with van der Waals surface area (Å²) in [5.74, 6) is 1.27. The van der Waals surface area contributed by atoms with E-state index < -0.39 is 0 Å². The highest BCUT2D eigenvalue weighted by molar-refractivity contribution is 5.87. The van der Waals surface area contributed by atoms with Crippen LogP contribution in [0.5, 0.6) is 0 Å². The van der Waals surface area contributed by atoms with E-state index in [1.165, 1.54) is 0 Å². The van der Waals surface area contributed by atoms with Gasteiger partial charge in [-0.1, -0.05) is 12.1 Å². The van der Waals surface area contributed by atoms with Crippen LogP contribution in [0.1, 0.15) is 5.82 Å². The molecule has 0 aliphatic carbocycles. The van der Waals surface area contributed by atoms with E-state index >= 15 is 0 Å². The molecule has 1 aromatic heterocycles. The molecule has 0 unspecified atom stereocenters. The molecule has 0 fully saturated rings. The fraction of sp³-hybridized carbons (Fsp3) is 0.111. The van der Waals surface area contributed by atoms with E-state index in [2.05, 4.69) is 9.97 Å². The van der Waals surface area contributed by atoms with E-state index in [9.17, 15) is 0 Å². The fourth-order valence-electron chi connectivity index (χ4n) is 1.22. The molecule has 2 N–H and O–H groups in total. The second kappa shape index (κ2) is 3.58. The minimum Gasteiger partial charge on any atom is -0.383 e. The van der Waals surface area contributed by atoms with Crippen molar-refractivity contribution in [1.29, 1.82) is 0 Å². The van der Waals surface area contributed by atoms with Crippen LogP contribution in [0.2, 0.25) is 0 Å². The number of aryl methyl sites for hydroxylation is 1. The molecule has 0 saturated heterocycles. The molecule has 0 saturated carbocycles. The Morgan fingerprint density at radius 1 is 1.15 bits per heavy atom. The molecule has 0 radical (unpaired) electrons. The van der Waals surface area contributed by atoms with Gasteiger partial charge in [-0.25, -0.2) is 9.97 Å². The van der Waals surface area contributed by atoms with Crippen LogP contribution in [0.15, 0.2) is 24.3 Å². The first-order valence-electron chi connectivity index (χ1n) is 3.76. The standard InChI is InChI=1S/C9H9N3.ClH/c1-6-11-8-5-3-2-4-7(8)9(10)12-6;/h2-5H,1H3,(H2,10,11,12);1H. The highest BCUT2D eigenvalue weighted by Gasteiger charge is 1.99. The van der Waals surface area contributed by atoms with Crippen molar-refractivity contribution >= 4 is 29.1 Å². The zero-order valence-electron chi connectivity index (χ0n) is 7.19. The number of fused-ring (bicyclic) bond motifs is 1. The van der Waals surface area contributed by atoms with Crippen molar-refractivity contribution in [2.24, 2.45) is 0 Å². The number of rotatable bonds is 0. The van der Waals surface area contributed by atoms with Crippen molar-refractivity contribution in [1.82, 2.24) is 9.97 Å². The Morgan fingerprint density at radius 3 is 2.62 bits per heavy atom. The summed E-state index contributed by atoms with van der Waals surface area (Å²) in [5, 5.41) is 0.920. The molecule has 1 aromatic carbocycles. The molecule has 0 bridgehead atoms. The maximum atomic E-state index is 5.71. The lowest BCUT2D eigenvalue weighted by Gasteiger charge is -2.00. The molecule has 4 heteroatoms. The zero-order valence-corrected chi connectivity index (χ0v) is 8.01. The smallest absolute Gasteiger partial charge is 0.135 e. The van der Waals surface area contributed by atoms with Gasteiger partial charge in [0.1, 0.15) is 11.6 Å². The lowest BCUT2D eigenvalue weighted by molar-refractivity contribution is 1.10. The Hall–Kier alpha value is -1.35. The second-order valence-corrected chi connectivity index (χ2v) is 2.67. The zero-order chi connectivity index (χ0) is 8.55. The fourth-order valence-corrected chi connectivity index (χ4v) is 1.22. The van der Waals surface area contributed by atoms with Gasteiger partial charge in [-0.15, -0.1) is 12.4 Å². The molecule has 2 rings (SSSR count). The van der Waals surface area contributed by atoms with Gasteiger partial charge in [0, 0.05) is 5.39 Å². The van der Waals surface area contributed by atoms with E-state index in [1.807, 2.05) is 31.2 Å². The Balaban J connectivity index is 0.000000845. The molecular formula is C9H10ClN3. The van der Waals surface area contributed by atoms with Gasteiger partial charge in [-0.05, 0) is 19.1 Å². The van der Waals surface area contributed by atoms with E-state index in [1.54, 1.807) is 0 Å². The Bertz CT molecular complexity index is 428. The average molecular weight is 196 g/mol. The average Bonchev–Trinajstić information content (AvgIpc) is 2.04. The number of para-hydroxylation sites is 1. The van der Waals surface area contributed by atoms with Crippen molar-refractivity contribution in [3.63, 3.8) is 0 Å². The van der Waals surface area contributed by atoms with Crippen LogP contribution in [0.25, 0.3) is 10.9 Å². The van der Waals surface area contributed by atoms with Crippen LogP contribution >= 0.6 is 12.4 Å². The maximum absolute atomic E-state index is 5.71. The number of nitrogens with two attached hydrogens (primary N) is 1. The van der Waals surface area contributed by atoms with Gasteiger partial charge in [0.15, 0.2) is 0 Å². The normalized spacial score (nSPS) is 9.62. The van der Waals surface area contributed by atoms with Crippen LogP contribution in [-0.2, 0) is 0 Å². The van der Waals surface area contributed by atoms with Crippen molar-refractivity contribution in [3.8, 4) is 0 Å². The monoisotopic (exact) mass is 195 g/mol. The van der Waals surface area contributed by atoms with Gasteiger partial charge >= 0.3 is 0 Å². The minimum atomic E-state index is 0. The molecule has 3 nitrogen and oxygen atoms in total. The molecule has 0 aliphatic rings.